The normalized spacial score (nSPS) is 16.2. The van der Waals surface area contributed by atoms with Crippen molar-refractivity contribution in [2.75, 3.05) is 6.54 Å². The highest BCUT2D eigenvalue weighted by Crippen LogP contribution is 2.15. The van der Waals surface area contributed by atoms with Gasteiger partial charge in [-0.15, -0.1) is 0 Å². The van der Waals surface area contributed by atoms with E-state index in [1.165, 1.54) is 12.5 Å². The molecule has 0 unspecified atom stereocenters. The van der Waals surface area contributed by atoms with Crippen LogP contribution in [0.25, 0.3) is 0 Å². The average molecular weight is 1200 g/mol. The van der Waals surface area contributed by atoms with E-state index in [2.05, 4.69) is 63.1 Å². The van der Waals surface area contributed by atoms with Crippen LogP contribution in [0.1, 0.15) is 124 Å². The van der Waals surface area contributed by atoms with Crippen LogP contribution in [0.15, 0.2) is 42.9 Å². The van der Waals surface area contributed by atoms with Gasteiger partial charge in [0.1, 0.15) is 54.4 Å². The molecular weight excluding hydrogens is 1110 g/mol. The van der Waals surface area contributed by atoms with Crippen LogP contribution >= 0.6 is 0 Å². The molecule has 470 valence electrons. The summed E-state index contributed by atoms with van der Waals surface area (Å²) in [5.41, 5.74) is 6.07. The van der Waals surface area contributed by atoms with E-state index in [4.69, 9.17) is 5.73 Å². The van der Waals surface area contributed by atoms with Crippen LogP contribution in [-0.2, 0) is 75.2 Å². The molecule has 0 aliphatic carbocycles. The first-order chi connectivity index (χ1) is 39.9. The van der Waals surface area contributed by atoms with Crippen molar-refractivity contribution >= 4 is 77.0 Å². The number of rotatable bonds is 37. The van der Waals surface area contributed by atoms with Crippen LogP contribution in [0, 0.1) is 23.7 Å². The number of nitrogens with one attached hydrogen (secondary N) is 11. The molecule has 2 heterocycles. The fourth-order valence-corrected chi connectivity index (χ4v) is 9.17. The van der Waals surface area contributed by atoms with E-state index in [9.17, 15) is 77.6 Å². The number of carboxylic acid groups (broad SMARTS) is 3. The molecule has 10 atom stereocenters. The van der Waals surface area contributed by atoms with Gasteiger partial charge in [-0.2, -0.15) is 0 Å². The molecule has 29 heteroatoms. The third kappa shape index (κ3) is 25.5. The van der Waals surface area contributed by atoms with Crippen LogP contribution in [0.4, 0.5) is 0 Å². The summed E-state index contributed by atoms with van der Waals surface area (Å²) >= 11 is 0. The summed E-state index contributed by atoms with van der Waals surface area (Å²) in [4.78, 5) is 180. The Balaban J connectivity index is 1.89. The maximum Gasteiger partial charge on any atom is 0.326 e. The molecule has 1 aromatic carbocycles. The van der Waals surface area contributed by atoms with Gasteiger partial charge in [0.25, 0.3) is 0 Å². The number of primary amides is 1. The molecule has 1 fully saturated rings. The second kappa shape index (κ2) is 34.9. The lowest BCUT2D eigenvalue weighted by molar-refractivity contribution is -0.143. The van der Waals surface area contributed by atoms with Crippen molar-refractivity contribution in [2.24, 2.45) is 29.4 Å². The van der Waals surface area contributed by atoms with Gasteiger partial charge >= 0.3 is 17.9 Å². The van der Waals surface area contributed by atoms with Crippen LogP contribution in [0.5, 0.6) is 0 Å². The number of hydrogen-bond donors (Lipinski definition) is 15. The number of carbonyl (C=O) groups excluding carboxylic acids is 10. The molecule has 85 heavy (non-hydrogen) atoms. The lowest BCUT2D eigenvalue weighted by Gasteiger charge is -2.30. The number of nitrogens with two attached hydrogens (primary N) is 1. The SMILES string of the molecule is CC(C)C[C@H](NC(=O)[C@H](Cc1ccccc1)NC(=O)[C@H](CC(=O)O)NC(=O)[C@@H](NC(=O)[C@H](CC(C)C)NC(=O)[C@H](CC(C)C)NC(=O)[C@H](Cc1cnc[nH]1)NC(=O)[C@H](CC(=O)O)NC(=O)[C@@H]1CCCN1)C(C)C)C(=O)N[C@@H](CCC(N)=O)C(=O)O. The van der Waals surface area contributed by atoms with Crippen LogP contribution in [0.2, 0.25) is 0 Å². The molecule has 0 spiro atoms. The summed E-state index contributed by atoms with van der Waals surface area (Å²) in [5.74, 6) is -15.0. The Morgan fingerprint density at radius 2 is 0.965 bits per heavy atom. The molecule has 1 aromatic heterocycles. The van der Waals surface area contributed by atoms with Gasteiger partial charge in [-0.05, 0) is 74.3 Å². The number of amides is 10. The van der Waals surface area contributed by atoms with Crippen LogP contribution in [0.3, 0.4) is 0 Å². The van der Waals surface area contributed by atoms with E-state index >= 15 is 0 Å². The number of carboxylic acids is 3. The highest BCUT2D eigenvalue weighted by atomic mass is 16.4. The minimum atomic E-state index is -1.88. The zero-order valence-electron chi connectivity index (χ0n) is 49.3. The number of benzene rings is 1. The van der Waals surface area contributed by atoms with Gasteiger partial charge in [0.05, 0.1) is 25.2 Å². The minimum Gasteiger partial charge on any atom is -0.481 e. The Morgan fingerprint density at radius 1 is 0.541 bits per heavy atom. The lowest BCUT2D eigenvalue weighted by Crippen LogP contribution is -2.62. The molecule has 16 N–H and O–H groups in total. The summed E-state index contributed by atoms with van der Waals surface area (Å²) in [6, 6.07) is -5.99. The minimum absolute atomic E-state index is 0.00305. The fourth-order valence-electron chi connectivity index (χ4n) is 9.17. The Morgan fingerprint density at radius 3 is 1.38 bits per heavy atom. The van der Waals surface area contributed by atoms with E-state index in [0.29, 0.717) is 30.6 Å². The second-order valence-electron chi connectivity index (χ2n) is 22.8. The van der Waals surface area contributed by atoms with Gasteiger partial charge in [-0.1, -0.05) is 85.7 Å². The highest BCUT2D eigenvalue weighted by Gasteiger charge is 2.38. The summed E-state index contributed by atoms with van der Waals surface area (Å²) in [6.07, 6.45) is 0.844. The first-order valence-corrected chi connectivity index (χ1v) is 28.4. The molecule has 3 rings (SSSR count). The molecule has 0 bridgehead atoms. The van der Waals surface area contributed by atoms with Gasteiger partial charge in [0.2, 0.25) is 59.1 Å². The predicted molar refractivity (Wildman–Crippen MR) is 305 cm³/mol. The number of aromatic amines is 1. The fraction of sp³-hybridized carbons (Fsp3) is 0.607. The van der Waals surface area contributed by atoms with Gasteiger partial charge in [0, 0.05) is 31.2 Å². The van der Waals surface area contributed by atoms with Gasteiger partial charge in [-0.3, -0.25) is 57.5 Å². The Labute approximate surface area is 492 Å². The number of carbonyl (C=O) groups is 13. The number of imidazole rings is 1. The zero-order chi connectivity index (χ0) is 63.7. The molecule has 1 aliphatic rings. The van der Waals surface area contributed by atoms with Crippen molar-refractivity contribution in [3.8, 4) is 0 Å². The number of aliphatic carboxylic acids is 3. The summed E-state index contributed by atoms with van der Waals surface area (Å²) in [7, 11) is 0. The standard InChI is InChI=1S/C56H85N13O16/c1-28(2)19-36(48(76)61-35(56(84)85)16-17-43(57)70)62-50(78)39(22-32-13-10-9-11-14-32)65-53(81)42(25-45(73)74)68-55(83)46(31(7)8)69-54(82)38(21-30(5)6)64-49(77)37(20-29(3)4)63-51(79)40(23-33-26-58-27-60-33)66-52(80)41(24-44(71)72)67-47(75)34-15-12-18-59-34/h9-11,13-14,26-31,34-42,46,59H,12,15-25H2,1-8H3,(H2,57,70)(H,58,60)(H,61,76)(H,62,78)(H,63,79)(H,64,77)(H,65,81)(H,66,80)(H,67,75)(H,68,83)(H,69,82)(H,71,72)(H,73,74)(H,84,85)/t34-,35-,36-,37-,38-,39-,40-,41-,42-,46-/m0/s1. The predicted octanol–water partition coefficient (Wildman–Crippen LogP) is -1.60. The molecule has 0 saturated carbocycles. The average Bonchev–Trinajstić information content (AvgIpc) is 4.15. The molecule has 10 amide bonds. The first-order valence-electron chi connectivity index (χ1n) is 28.4. The van der Waals surface area contributed by atoms with Crippen molar-refractivity contribution < 1.29 is 77.6 Å². The molecule has 0 radical (unpaired) electrons. The number of nitrogens with zero attached hydrogens (tertiary/aromatic N) is 1. The summed E-state index contributed by atoms with van der Waals surface area (Å²) in [6.45, 7) is 14.1. The molecule has 1 aliphatic heterocycles. The third-order valence-corrected chi connectivity index (χ3v) is 13.5. The van der Waals surface area contributed by atoms with Crippen molar-refractivity contribution in [2.45, 2.75) is 186 Å². The number of H-pyrrole nitrogens is 1. The Kier molecular flexibility index (Phi) is 29.1. The summed E-state index contributed by atoms with van der Waals surface area (Å²) < 4.78 is 0. The maximum absolute atomic E-state index is 14.3. The smallest absolute Gasteiger partial charge is 0.326 e. The van der Waals surface area contributed by atoms with Crippen LogP contribution < -0.4 is 58.9 Å². The van der Waals surface area contributed by atoms with E-state index in [1.54, 1.807) is 85.7 Å². The molecular formula is C56H85N13O16. The van der Waals surface area contributed by atoms with Gasteiger partial charge < -0.3 is 79.2 Å². The third-order valence-electron chi connectivity index (χ3n) is 13.5. The number of aromatic nitrogens is 2. The van der Waals surface area contributed by atoms with Crippen LogP contribution in [-0.4, -0.2) is 169 Å². The first kappa shape index (κ1) is 70.8. The largest absolute Gasteiger partial charge is 0.481 e. The topological polar surface area (TPSA) is 458 Å². The van der Waals surface area contributed by atoms with E-state index < -0.39 is 156 Å². The molecule has 29 nitrogen and oxygen atoms in total. The molecule has 1 saturated heterocycles. The van der Waals surface area contributed by atoms with E-state index in [0.717, 1.165) is 0 Å². The molecule has 2 aromatic rings. The van der Waals surface area contributed by atoms with Crippen molar-refractivity contribution in [3.05, 3.63) is 54.1 Å². The van der Waals surface area contributed by atoms with Crippen molar-refractivity contribution in [1.82, 2.24) is 63.1 Å². The Bertz CT molecular complexity index is 2630. The van der Waals surface area contributed by atoms with Gasteiger partial charge in [0.15, 0.2) is 0 Å². The Hall–Kier alpha value is -8.50. The lowest BCUT2D eigenvalue weighted by atomic mass is 9.98. The monoisotopic (exact) mass is 1200 g/mol. The highest BCUT2D eigenvalue weighted by molar-refractivity contribution is 6.00. The van der Waals surface area contributed by atoms with E-state index in [-0.39, 0.29) is 62.7 Å². The summed E-state index contributed by atoms with van der Waals surface area (Å²) in [5, 5.41) is 55.0. The zero-order valence-corrected chi connectivity index (χ0v) is 49.3. The van der Waals surface area contributed by atoms with Crippen molar-refractivity contribution in [1.29, 1.82) is 0 Å². The second-order valence-corrected chi connectivity index (χ2v) is 22.8. The van der Waals surface area contributed by atoms with Gasteiger partial charge in [-0.25, -0.2) is 9.78 Å². The quantitative estimate of drug-likeness (QED) is 0.0362. The number of hydrogen-bond acceptors (Lipinski definition) is 15. The maximum atomic E-state index is 14.3. The van der Waals surface area contributed by atoms with Crippen molar-refractivity contribution in [3.63, 3.8) is 0 Å². The van der Waals surface area contributed by atoms with E-state index in [1.807, 2.05) is 0 Å².